The number of hydrogen-bond donors (Lipinski definition) is 1. The van der Waals surface area contributed by atoms with Gasteiger partial charge in [-0.3, -0.25) is 0 Å². The molecule has 25 heavy (non-hydrogen) atoms. The van der Waals surface area contributed by atoms with Crippen molar-refractivity contribution in [3.63, 3.8) is 0 Å². The average molecular weight is 387 g/mol. The second kappa shape index (κ2) is 6.85. The normalized spacial score (nSPS) is 14.0. The molecule has 1 heterocycles. The molecule has 2 aromatic rings. The number of nitrogens with zero attached hydrogens (tertiary/aromatic N) is 2. The summed E-state index contributed by atoms with van der Waals surface area (Å²) in [4.78, 5) is 0.115. The van der Waals surface area contributed by atoms with E-state index in [-0.39, 0.29) is 16.7 Å². The van der Waals surface area contributed by atoms with E-state index < -0.39 is 31.1 Å². The molecule has 0 radical (unpaired) electrons. The van der Waals surface area contributed by atoms with Crippen LogP contribution in [0.3, 0.4) is 0 Å². The molecular formula is C15H21N3O5S2. The van der Waals surface area contributed by atoms with Gasteiger partial charge in [-0.25, -0.2) is 16.8 Å². The van der Waals surface area contributed by atoms with Crippen molar-refractivity contribution in [2.24, 2.45) is 5.92 Å². The van der Waals surface area contributed by atoms with Gasteiger partial charge in [0.25, 0.3) is 0 Å². The van der Waals surface area contributed by atoms with Gasteiger partial charge in [0, 0.05) is 6.26 Å². The highest BCUT2D eigenvalue weighted by molar-refractivity contribution is 7.90. The molecule has 0 saturated carbocycles. The van der Waals surface area contributed by atoms with E-state index in [1.165, 1.54) is 6.07 Å². The zero-order valence-corrected chi connectivity index (χ0v) is 16.3. The van der Waals surface area contributed by atoms with Crippen molar-refractivity contribution in [2.45, 2.75) is 43.9 Å². The van der Waals surface area contributed by atoms with Crippen LogP contribution in [0.25, 0.3) is 0 Å². The Kier molecular flexibility index (Phi) is 5.35. The van der Waals surface area contributed by atoms with Gasteiger partial charge in [-0.15, -0.1) is 5.10 Å². The Balaban J connectivity index is 2.38. The molecule has 1 atom stereocenters. The first-order valence-electron chi connectivity index (χ1n) is 7.55. The van der Waals surface area contributed by atoms with Crippen LogP contribution in [0.15, 0.2) is 32.7 Å². The lowest BCUT2D eigenvalue weighted by molar-refractivity contribution is 0.327. The average Bonchev–Trinajstić information content (AvgIpc) is 2.97. The van der Waals surface area contributed by atoms with Gasteiger partial charge in [0.05, 0.1) is 4.90 Å². The monoisotopic (exact) mass is 387 g/mol. The van der Waals surface area contributed by atoms with Crippen LogP contribution in [0.4, 0.5) is 0 Å². The maximum absolute atomic E-state index is 12.7. The van der Waals surface area contributed by atoms with Gasteiger partial charge in [0.15, 0.2) is 0 Å². The minimum atomic E-state index is -3.85. The summed E-state index contributed by atoms with van der Waals surface area (Å²) in [5.41, 5.74) is 1.83. The first-order valence-corrected chi connectivity index (χ1v) is 10.9. The van der Waals surface area contributed by atoms with E-state index in [2.05, 4.69) is 14.9 Å². The molecule has 0 aliphatic heterocycles. The quantitative estimate of drug-likeness (QED) is 0.802. The lowest BCUT2D eigenvalue weighted by atomic mass is 10.1. The number of sulfone groups is 1. The van der Waals surface area contributed by atoms with Crippen LogP contribution in [-0.2, 0) is 19.9 Å². The second-order valence-electron chi connectivity index (χ2n) is 6.27. The molecular weight excluding hydrogens is 366 g/mol. The largest absolute Gasteiger partial charge is 0.411 e. The van der Waals surface area contributed by atoms with E-state index in [4.69, 9.17) is 4.42 Å². The number of benzene rings is 1. The maximum Gasteiger partial charge on any atom is 0.335 e. The summed E-state index contributed by atoms with van der Waals surface area (Å²) < 4.78 is 56.0. The highest BCUT2D eigenvalue weighted by Crippen LogP contribution is 2.25. The molecule has 0 amide bonds. The molecule has 8 nitrogen and oxygen atoms in total. The van der Waals surface area contributed by atoms with Crippen molar-refractivity contribution in [1.82, 2.24) is 14.9 Å². The number of nitrogens with one attached hydrogen (secondary N) is 1. The van der Waals surface area contributed by atoms with Crippen LogP contribution in [-0.4, -0.2) is 33.3 Å². The Morgan fingerprint density at radius 2 is 1.68 bits per heavy atom. The summed E-state index contributed by atoms with van der Waals surface area (Å²) in [5, 5.41) is 6.63. The Hall–Kier alpha value is -1.78. The van der Waals surface area contributed by atoms with Gasteiger partial charge < -0.3 is 4.42 Å². The van der Waals surface area contributed by atoms with Gasteiger partial charge in [-0.05, 0) is 43.0 Å². The summed E-state index contributed by atoms with van der Waals surface area (Å²) in [7, 11) is -7.51. The van der Waals surface area contributed by atoms with Gasteiger partial charge in [0.1, 0.15) is 6.04 Å². The first-order chi connectivity index (χ1) is 11.4. The zero-order valence-electron chi connectivity index (χ0n) is 14.6. The molecule has 0 aliphatic rings. The van der Waals surface area contributed by atoms with E-state index in [1.54, 1.807) is 26.0 Å². The molecule has 1 N–H and O–H groups in total. The predicted octanol–water partition coefficient (Wildman–Crippen LogP) is 1.77. The fourth-order valence-corrected chi connectivity index (χ4v) is 3.93. The Labute approximate surface area is 147 Å². The predicted molar refractivity (Wildman–Crippen MR) is 91.2 cm³/mol. The Bertz CT molecular complexity index is 978. The van der Waals surface area contributed by atoms with Crippen LogP contribution < -0.4 is 4.72 Å². The van der Waals surface area contributed by atoms with Crippen LogP contribution in [0.2, 0.25) is 0 Å². The SMILES string of the molecule is Cc1ccc(S(=O)(=O)N[C@H](c2nnc(S(C)(=O)=O)o2)C(C)C)cc1C. The lowest BCUT2D eigenvalue weighted by Crippen LogP contribution is -2.32. The highest BCUT2D eigenvalue weighted by Gasteiger charge is 2.30. The van der Waals surface area contributed by atoms with Gasteiger partial charge in [-0.1, -0.05) is 25.0 Å². The minimum Gasteiger partial charge on any atom is -0.411 e. The molecule has 0 bridgehead atoms. The smallest absolute Gasteiger partial charge is 0.335 e. The standard InChI is InChI=1S/C15H21N3O5S2/c1-9(2)13(14-16-17-15(23-14)24(5,19)20)18-25(21,22)12-7-6-10(3)11(4)8-12/h6-9,13,18H,1-5H3/t13-/m0/s1. The van der Waals surface area contributed by atoms with Crippen LogP contribution in [0, 0.1) is 19.8 Å². The zero-order chi connectivity index (χ0) is 19.0. The van der Waals surface area contributed by atoms with E-state index in [0.717, 1.165) is 17.4 Å². The van der Waals surface area contributed by atoms with Crippen molar-refractivity contribution >= 4 is 19.9 Å². The van der Waals surface area contributed by atoms with Crippen molar-refractivity contribution in [3.8, 4) is 0 Å². The molecule has 1 aromatic carbocycles. The maximum atomic E-state index is 12.7. The number of sulfonamides is 1. The van der Waals surface area contributed by atoms with Gasteiger partial charge in [-0.2, -0.15) is 4.72 Å². The second-order valence-corrected chi connectivity index (χ2v) is 9.87. The van der Waals surface area contributed by atoms with E-state index in [1.807, 2.05) is 13.8 Å². The van der Waals surface area contributed by atoms with Crippen LogP contribution in [0.1, 0.15) is 36.9 Å². The molecule has 0 spiro atoms. The molecule has 2 rings (SSSR count). The lowest BCUT2D eigenvalue weighted by Gasteiger charge is -2.19. The fourth-order valence-electron chi connectivity index (χ4n) is 2.08. The number of rotatable bonds is 6. The summed E-state index contributed by atoms with van der Waals surface area (Å²) in [6.45, 7) is 7.24. The summed E-state index contributed by atoms with van der Waals surface area (Å²) in [5.74, 6) is -0.336. The fraction of sp³-hybridized carbons (Fsp3) is 0.467. The highest BCUT2D eigenvalue weighted by atomic mass is 32.2. The van der Waals surface area contributed by atoms with Crippen molar-refractivity contribution < 1.29 is 21.3 Å². The topological polar surface area (TPSA) is 119 Å². The molecule has 0 aliphatic carbocycles. The van der Waals surface area contributed by atoms with Crippen LogP contribution >= 0.6 is 0 Å². The molecule has 0 fully saturated rings. The van der Waals surface area contributed by atoms with E-state index in [0.29, 0.717) is 0 Å². The summed E-state index contributed by atoms with van der Waals surface area (Å²) in [6.07, 6.45) is 0.938. The van der Waals surface area contributed by atoms with Gasteiger partial charge >= 0.3 is 5.22 Å². The molecule has 0 unspecified atom stereocenters. The van der Waals surface area contributed by atoms with E-state index >= 15 is 0 Å². The molecule has 0 saturated heterocycles. The molecule has 1 aromatic heterocycles. The van der Waals surface area contributed by atoms with Crippen molar-refractivity contribution in [2.75, 3.05) is 6.26 Å². The summed E-state index contributed by atoms with van der Waals surface area (Å²) >= 11 is 0. The third kappa shape index (κ3) is 4.44. The van der Waals surface area contributed by atoms with Crippen LogP contribution in [0.5, 0.6) is 0 Å². The number of aromatic nitrogens is 2. The summed E-state index contributed by atoms with van der Waals surface area (Å²) in [6, 6.07) is 3.96. The Morgan fingerprint density at radius 3 is 2.16 bits per heavy atom. The third-order valence-electron chi connectivity index (χ3n) is 3.74. The third-order valence-corrected chi connectivity index (χ3v) is 5.98. The van der Waals surface area contributed by atoms with Gasteiger partial charge in [0.2, 0.25) is 25.8 Å². The van der Waals surface area contributed by atoms with Crippen molar-refractivity contribution in [3.05, 3.63) is 35.2 Å². The molecule has 10 heteroatoms. The van der Waals surface area contributed by atoms with E-state index in [9.17, 15) is 16.8 Å². The van der Waals surface area contributed by atoms with Crippen molar-refractivity contribution in [1.29, 1.82) is 0 Å². The number of hydrogen-bond acceptors (Lipinski definition) is 7. The minimum absolute atomic E-state index is 0.0946. The molecule has 138 valence electrons. The number of aryl methyl sites for hydroxylation is 2. The Morgan fingerprint density at radius 1 is 1.04 bits per heavy atom. The first kappa shape index (κ1) is 19.5.